The maximum absolute atomic E-state index is 4.10. The van der Waals surface area contributed by atoms with Crippen LogP contribution in [0.1, 0.15) is 25.8 Å². The summed E-state index contributed by atoms with van der Waals surface area (Å²) in [7, 11) is 0. The summed E-state index contributed by atoms with van der Waals surface area (Å²) in [6.07, 6.45) is 2.23. The van der Waals surface area contributed by atoms with Crippen molar-refractivity contribution in [3.8, 4) is 0 Å². The van der Waals surface area contributed by atoms with Gasteiger partial charge < -0.3 is 5.32 Å². The van der Waals surface area contributed by atoms with Crippen LogP contribution >= 0.6 is 11.8 Å². The molecule has 0 fully saturated rings. The highest BCUT2D eigenvalue weighted by molar-refractivity contribution is 7.99. The second-order valence-corrected chi connectivity index (χ2v) is 6.29. The molecule has 0 spiro atoms. The molecule has 2 rings (SSSR count). The molecule has 1 aromatic heterocycles. The lowest BCUT2D eigenvalue weighted by atomic mass is 10.1. The normalized spacial score (nSPS) is 11.2. The maximum Gasteiger partial charge on any atom is 0.209 e. The summed E-state index contributed by atoms with van der Waals surface area (Å²) in [5, 5.41) is 16.2. The number of nitrogens with one attached hydrogen (secondary N) is 1. The Morgan fingerprint density at radius 2 is 2.05 bits per heavy atom. The van der Waals surface area contributed by atoms with Crippen LogP contribution in [0.4, 0.5) is 0 Å². The first-order valence-corrected chi connectivity index (χ1v) is 8.40. The van der Waals surface area contributed by atoms with E-state index in [4.69, 9.17) is 0 Å². The quantitative estimate of drug-likeness (QED) is 0.569. The van der Waals surface area contributed by atoms with Crippen LogP contribution in [0.15, 0.2) is 35.5 Å². The summed E-state index contributed by atoms with van der Waals surface area (Å²) >= 11 is 1.73. The van der Waals surface area contributed by atoms with Crippen LogP contribution in [0.2, 0.25) is 0 Å². The topological polar surface area (TPSA) is 55.6 Å². The number of nitrogens with zero attached hydrogens (tertiary/aromatic N) is 4. The van der Waals surface area contributed by atoms with E-state index < -0.39 is 0 Å². The average Bonchev–Trinajstić information content (AvgIpc) is 2.92. The Balaban J connectivity index is 1.70. The molecule has 2 aromatic rings. The Hall–Kier alpha value is -1.40. The van der Waals surface area contributed by atoms with Crippen LogP contribution in [-0.4, -0.2) is 38.5 Å². The summed E-state index contributed by atoms with van der Waals surface area (Å²) in [5.74, 6) is 1.03. The van der Waals surface area contributed by atoms with Gasteiger partial charge in [-0.15, -0.1) is 5.10 Å². The second-order valence-electron chi connectivity index (χ2n) is 5.23. The van der Waals surface area contributed by atoms with E-state index in [1.165, 1.54) is 5.56 Å². The molecule has 5 nitrogen and oxygen atoms in total. The van der Waals surface area contributed by atoms with Gasteiger partial charge in [-0.05, 0) is 28.8 Å². The number of hydrogen-bond donors (Lipinski definition) is 1. The van der Waals surface area contributed by atoms with Gasteiger partial charge in [0.25, 0.3) is 0 Å². The van der Waals surface area contributed by atoms with Gasteiger partial charge in [0.1, 0.15) is 0 Å². The largest absolute Gasteiger partial charge is 0.313 e. The van der Waals surface area contributed by atoms with Crippen LogP contribution < -0.4 is 5.32 Å². The molecule has 0 unspecified atom stereocenters. The first kappa shape index (κ1) is 16.0. The molecular formula is C15H23N5S. The highest BCUT2D eigenvalue weighted by Crippen LogP contribution is 2.15. The van der Waals surface area contributed by atoms with Crippen LogP contribution in [0.3, 0.4) is 0 Å². The lowest BCUT2D eigenvalue weighted by molar-refractivity contribution is 0.485. The van der Waals surface area contributed by atoms with E-state index in [2.05, 4.69) is 65.0 Å². The molecule has 1 heterocycles. The fourth-order valence-electron chi connectivity index (χ4n) is 1.98. The third-order valence-corrected chi connectivity index (χ3v) is 4.10. The number of hydrogen-bond acceptors (Lipinski definition) is 5. The second kappa shape index (κ2) is 8.79. The minimum absolute atomic E-state index is 0.489. The predicted octanol–water partition coefficient (Wildman–Crippen LogP) is 2.40. The molecule has 114 valence electrons. The third-order valence-electron chi connectivity index (χ3n) is 3.06. The number of rotatable bonds is 9. The molecule has 0 radical (unpaired) electrons. The monoisotopic (exact) mass is 305 g/mol. The van der Waals surface area contributed by atoms with Crippen LogP contribution in [-0.2, 0) is 13.0 Å². The predicted molar refractivity (Wildman–Crippen MR) is 86.4 cm³/mol. The summed E-state index contributed by atoms with van der Waals surface area (Å²) in [5.41, 5.74) is 1.39. The Bertz CT molecular complexity index is 512. The molecule has 0 atom stereocenters. The van der Waals surface area contributed by atoms with Crippen molar-refractivity contribution < 1.29 is 0 Å². The van der Waals surface area contributed by atoms with Crippen LogP contribution in [0.5, 0.6) is 0 Å². The lowest BCUT2D eigenvalue weighted by Crippen LogP contribution is -2.27. The van der Waals surface area contributed by atoms with Gasteiger partial charge in [-0.3, -0.25) is 0 Å². The van der Waals surface area contributed by atoms with E-state index in [9.17, 15) is 0 Å². The van der Waals surface area contributed by atoms with Crippen molar-refractivity contribution in [3.05, 3.63) is 35.9 Å². The number of aryl methyl sites for hydroxylation is 1. The van der Waals surface area contributed by atoms with Crippen molar-refractivity contribution in [3.63, 3.8) is 0 Å². The molecular weight excluding hydrogens is 282 g/mol. The third kappa shape index (κ3) is 5.85. The van der Waals surface area contributed by atoms with Gasteiger partial charge in [0.05, 0.1) is 6.54 Å². The molecule has 0 bridgehead atoms. The van der Waals surface area contributed by atoms with Crippen molar-refractivity contribution in [1.82, 2.24) is 25.5 Å². The van der Waals surface area contributed by atoms with E-state index in [-0.39, 0.29) is 0 Å². The Labute approximate surface area is 130 Å². The summed E-state index contributed by atoms with van der Waals surface area (Å²) in [6, 6.07) is 11.1. The van der Waals surface area contributed by atoms with Crippen molar-refractivity contribution in [1.29, 1.82) is 0 Å². The van der Waals surface area contributed by atoms with E-state index in [0.29, 0.717) is 6.04 Å². The van der Waals surface area contributed by atoms with E-state index in [1.54, 1.807) is 11.8 Å². The zero-order chi connectivity index (χ0) is 14.9. The molecule has 0 saturated heterocycles. The van der Waals surface area contributed by atoms with E-state index in [0.717, 1.165) is 36.8 Å². The van der Waals surface area contributed by atoms with E-state index >= 15 is 0 Å². The van der Waals surface area contributed by atoms with Crippen molar-refractivity contribution in [2.75, 3.05) is 12.3 Å². The van der Waals surface area contributed by atoms with Gasteiger partial charge in [0.15, 0.2) is 0 Å². The fourth-order valence-corrected chi connectivity index (χ4v) is 2.83. The average molecular weight is 305 g/mol. The van der Waals surface area contributed by atoms with Gasteiger partial charge in [-0.1, -0.05) is 55.9 Å². The zero-order valence-corrected chi connectivity index (χ0v) is 13.5. The molecule has 0 aliphatic heterocycles. The minimum atomic E-state index is 0.489. The number of aromatic nitrogens is 4. The summed E-state index contributed by atoms with van der Waals surface area (Å²) in [6.45, 7) is 5.98. The highest BCUT2D eigenvalue weighted by atomic mass is 32.2. The molecule has 0 aliphatic rings. The molecule has 1 N–H and O–H groups in total. The first-order valence-electron chi connectivity index (χ1n) is 7.42. The summed E-state index contributed by atoms with van der Waals surface area (Å²) < 4.78 is 1.88. The standard InChI is InChI=1S/C15H23N5S/c1-13(2)16-10-11-20-15(17-18-19-20)21-12-6-9-14-7-4-3-5-8-14/h3-5,7-8,13,16H,6,9-12H2,1-2H3. The van der Waals surface area contributed by atoms with Gasteiger partial charge in [-0.2, -0.15) is 0 Å². The minimum Gasteiger partial charge on any atom is -0.313 e. The van der Waals surface area contributed by atoms with E-state index in [1.807, 2.05) is 4.68 Å². The van der Waals surface area contributed by atoms with Crippen molar-refractivity contribution in [2.24, 2.45) is 0 Å². The molecule has 21 heavy (non-hydrogen) atoms. The molecule has 0 saturated carbocycles. The molecule has 6 heteroatoms. The van der Waals surface area contributed by atoms with Crippen molar-refractivity contribution in [2.45, 2.75) is 44.4 Å². The van der Waals surface area contributed by atoms with Gasteiger partial charge >= 0.3 is 0 Å². The molecule has 0 aliphatic carbocycles. The first-order chi connectivity index (χ1) is 10.3. The lowest BCUT2D eigenvalue weighted by Gasteiger charge is -2.08. The highest BCUT2D eigenvalue weighted by Gasteiger charge is 2.06. The Kier molecular flexibility index (Phi) is 6.69. The SMILES string of the molecule is CC(C)NCCn1nnnc1SCCCc1ccccc1. The zero-order valence-electron chi connectivity index (χ0n) is 12.7. The Morgan fingerprint density at radius 1 is 1.24 bits per heavy atom. The van der Waals surface area contributed by atoms with Gasteiger partial charge in [0, 0.05) is 18.3 Å². The van der Waals surface area contributed by atoms with Crippen LogP contribution in [0.25, 0.3) is 0 Å². The molecule has 1 aromatic carbocycles. The van der Waals surface area contributed by atoms with Gasteiger partial charge in [0.2, 0.25) is 5.16 Å². The summed E-state index contributed by atoms with van der Waals surface area (Å²) in [4.78, 5) is 0. The van der Waals surface area contributed by atoms with Gasteiger partial charge in [-0.25, -0.2) is 4.68 Å². The Morgan fingerprint density at radius 3 is 2.81 bits per heavy atom. The fraction of sp³-hybridized carbons (Fsp3) is 0.533. The maximum atomic E-state index is 4.10. The van der Waals surface area contributed by atoms with Crippen LogP contribution in [0, 0.1) is 0 Å². The number of tetrazole rings is 1. The number of thioether (sulfide) groups is 1. The smallest absolute Gasteiger partial charge is 0.209 e. The molecule has 0 amide bonds. The number of benzene rings is 1. The van der Waals surface area contributed by atoms with Crippen molar-refractivity contribution >= 4 is 11.8 Å².